The molecule has 3 atom stereocenters. The Hall–Kier alpha value is -1.95. The predicted octanol–water partition coefficient (Wildman–Crippen LogP) is -0.388. The van der Waals surface area contributed by atoms with Crippen LogP contribution in [0, 0.1) is 5.92 Å². The highest BCUT2D eigenvalue weighted by atomic mass is 32.1. The van der Waals surface area contributed by atoms with Gasteiger partial charge in [0.25, 0.3) is 5.56 Å². The van der Waals surface area contributed by atoms with Crippen molar-refractivity contribution in [2.75, 3.05) is 11.9 Å². The number of fused-ring (bicyclic) bond motifs is 1. The predicted molar refractivity (Wildman–Crippen MR) is 91.2 cm³/mol. The van der Waals surface area contributed by atoms with Crippen LogP contribution in [0.3, 0.4) is 0 Å². The van der Waals surface area contributed by atoms with E-state index in [0.717, 1.165) is 0 Å². The Morgan fingerprint density at radius 3 is 2.96 bits per heavy atom. The lowest BCUT2D eigenvalue weighted by atomic mass is 10.2. The zero-order valence-corrected chi connectivity index (χ0v) is 14.5. The SMILES string of the molecule is CC(C)C(=O)Nc1nc2c(ncn2[C@H]2C[C@@](O)(S)[C@@H](CO)O2)c(=O)[nH]1. The van der Waals surface area contributed by atoms with Crippen molar-refractivity contribution in [2.45, 2.75) is 37.5 Å². The molecule has 2 aromatic rings. The number of H-pyrrole nitrogens is 1. The third-order valence-corrected chi connectivity index (χ3v) is 4.46. The molecule has 3 heterocycles. The van der Waals surface area contributed by atoms with E-state index in [0.29, 0.717) is 0 Å². The average molecular weight is 369 g/mol. The summed E-state index contributed by atoms with van der Waals surface area (Å²) in [6.07, 6.45) is -0.183. The number of nitrogens with zero attached hydrogens (tertiary/aromatic N) is 3. The summed E-state index contributed by atoms with van der Waals surface area (Å²) >= 11 is 4.11. The molecule has 0 bridgehead atoms. The van der Waals surface area contributed by atoms with Gasteiger partial charge in [-0.2, -0.15) is 4.98 Å². The maximum Gasteiger partial charge on any atom is 0.280 e. The minimum atomic E-state index is -1.52. The molecule has 0 aliphatic carbocycles. The minimum absolute atomic E-state index is 0.00390. The number of ether oxygens (including phenoxy) is 1. The van der Waals surface area contributed by atoms with Crippen LogP contribution in [0.2, 0.25) is 0 Å². The van der Waals surface area contributed by atoms with Gasteiger partial charge in [0, 0.05) is 12.3 Å². The molecule has 25 heavy (non-hydrogen) atoms. The van der Waals surface area contributed by atoms with Crippen molar-refractivity contribution < 1.29 is 19.7 Å². The van der Waals surface area contributed by atoms with Crippen molar-refractivity contribution >= 4 is 35.6 Å². The molecule has 1 amide bonds. The maximum absolute atomic E-state index is 12.2. The van der Waals surface area contributed by atoms with E-state index in [-0.39, 0.29) is 35.4 Å². The summed E-state index contributed by atoms with van der Waals surface area (Å²) in [5, 5.41) is 22.0. The van der Waals surface area contributed by atoms with Gasteiger partial charge in [-0.15, -0.1) is 12.6 Å². The summed E-state index contributed by atoms with van der Waals surface area (Å²) in [7, 11) is 0. The van der Waals surface area contributed by atoms with Crippen molar-refractivity contribution in [3.63, 3.8) is 0 Å². The first-order valence-corrected chi connectivity index (χ1v) is 8.16. The van der Waals surface area contributed by atoms with Gasteiger partial charge < -0.3 is 14.9 Å². The smallest absolute Gasteiger partial charge is 0.280 e. The van der Waals surface area contributed by atoms with Crippen molar-refractivity contribution in [1.82, 2.24) is 19.5 Å². The topological polar surface area (TPSA) is 142 Å². The van der Waals surface area contributed by atoms with E-state index in [1.807, 2.05) is 0 Å². The summed E-state index contributed by atoms with van der Waals surface area (Å²) in [4.78, 5) is 33.1. The molecule has 1 aliphatic heterocycles. The Bertz CT molecular complexity index is 861. The van der Waals surface area contributed by atoms with Crippen LogP contribution in [0.15, 0.2) is 11.1 Å². The highest BCUT2D eigenvalue weighted by molar-refractivity contribution is 7.81. The fourth-order valence-corrected chi connectivity index (χ4v) is 2.84. The van der Waals surface area contributed by atoms with Crippen molar-refractivity contribution in [1.29, 1.82) is 0 Å². The summed E-state index contributed by atoms with van der Waals surface area (Å²) in [6, 6.07) is 0. The van der Waals surface area contributed by atoms with Crippen LogP contribution in [0.5, 0.6) is 0 Å². The van der Waals surface area contributed by atoms with E-state index >= 15 is 0 Å². The second kappa shape index (κ2) is 6.41. The molecule has 0 saturated carbocycles. The van der Waals surface area contributed by atoms with E-state index in [4.69, 9.17) is 4.74 Å². The van der Waals surface area contributed by atoms with Gasteiger partial charge in [-0.3, -0.25) is 24.5 Å². The van der Waals surface area contributed by atoms with Crippen LogP contribution < -0.4 is 10.9 Å². The second-order valence-electron chi connectivity index (χ2n) is 6.23. The van der Waals surface area contributed by atoms with Gasteiger partial charge in [0.15, 0.2) is 11.2 Å². The van der Waals surface area contributed by atoms with Gasteiger partial charge in [-0.1, -0.05) is 13.8 Å². The number of aliphatic hydroxyl groups is 2. The normalized spacial score (nSPS) is 26.5. The van der Waals surface area contributed by atoms with Crippen LogP contribution in [0.1, 0.15) is 26.5 Å². The lowest BCUT2D eigenvalue weighted by Crippen LogP contribution is -2.34. The first kappa shape index (κ1) is 17.9. The molecular formula is C14H19N5O5S. The highest BCUT2D eigenvalue weighted by Crippen LogP contribution is 2.39. The van der Waals surface area contributed by atoms with Crippen LogP contribution in [0.25, 0.3) is 11.2 Å². The molecule has 1 fully saturated rings. The summed E-state index contributed by atoms with van der Waals surface area (Å²) in [5.74, 6) is -0.583. The fourth-order valence-electron chi connectivity index (χ4n) is 2.55. The van der Waals surface area contributed by atoms with E-state index in [1.165, 1.54) is 10.9 Å². The van der Waals surface area contributed by atoms with Crippen LogP contribution >= 0.6 is 12.6 Å². The minimum Gasteiger partial charge on any atom is -0.394 e. The first-order chi connectivity index (χ1) is 11.7. The molecule has 0 aromatic carbocycles. The molecule has 10 nitrogen and oxygen atoms in total. The molecule has 1 saturated heterocycles. The number of anilines is 1. The number of aromatic nitrogens is 4. The number of carbonyl (C=O) groups excluding carboxylic acids is 1. The Morgan fingerprint density at radius 1 is 1.64 bits per heavy atom. The molecule has 11 heteroatoms. The number of amides is 1. The number of aliphatic hydroxyl groups excluding tert-OH is 1. The molecule has 0 unspecified atom stereocenters. The van der Waals surface area contributed by atoms with E-state index < -0.39 is 29.4 Å². The van der Waals surface area contributed by atoms with Gasteiger partial charge in [-0.05, 0) is 0 Å². The first-order valence-electron chi connectivity index (χ1n) is 7.71. The van der Waals surface area contributed by atoms with Crippen LogP contribution in [-0.4, -0.2) is 53.3 Å². The van der Waals surface area contributed by atoms with Crippen LogP contribution in [0.4, 0.5) is 5.95 Å². The molecule has 3 rings (SSSR count). The Balaban J connectivity index is 1.99. The lowest BCUT2D eigenvalue weighted by molar-refractivity contribution is -0.118. The molecule has 1 aliphatic rings. The summed E-state index contributed by atoms with van der Waals surface area (Å²) in [5.41, 5.74) is -0.252. The van der Waals surface area contributed by atoms with Gasteiger partial charge in [0.05, 0.1) is 12.9 Å². The van der Waals surface area contributed by atoms with Gasteiger partial charge >= 0.3 is 0 Å². The Kier molecular flexibility index (Phi) is 4.58. The number of thiol groups is 1. The molecule has 0 spiro atoms. The summed E-state index contributed by atoms with van der Waals surface area (Å²) < 4.78 is 7.05. The van der Waals surface area contributed by atoms with Gasteiger partial charge in [0.2, 0.25) is 11.9 Å². The second-order valence-corrected chi connectivity index (χ2v) is 7.00. The van der Waals surface area contributed by atoms with E-state index in [2.05, 4.69) is 32.9 Å². The number of hydrogen-bond donors (Lipinski definition) is 5. The van der Waals surface area contributed by atoms with Crippen molar-refractivity contribution in [3.05, 3.63) is 16.7 Å². The molecule has 4 N–H and O–H groups in total. The average Bonchev–Trinajstić information content (AvgIpc) is 3.07. The zero-order valence-electron chi connectivity index (χ0n) is 13.6. The monoisotopic (exact) mass is 369 g/mol. The number of hydrogen-bond acceptors (Lipinski definition) is 8. The molecule has 136 valence electrons. The summed E-state index contributed by atoms with van der Waals surface area (Å²) in [6.45, 7) is 3.02. The van der Waals surface area contributed by atoms with Crippen molar-refractivity contribution in [3.8, 4) is 0 Å². The Labute approximate surface area is 147 Å². The Morgan fingerprint density at radius 2 is 2.36 bits per heavy atom. The largest absolute Gasteiger partial charge is 0.394 e. The molecular weight excluding hydrogens is 350 g/mol. The van der Waals surface area contributed by atoms with E-state index in [9.17, 15) is 19.8 Å². The fraction of sp³-hybridized carbons (Fsp3) is 0.571. The highest BCUT2D eigenvalue weighted by Gasteiger charge is 2.45. The number of aromatic amines is 1. The number of rotatable bonds is 4. The molecule has 2 aromatic heterocycles. The van der Waals surface area contributed by atoms with Gasteiger partial charge in [0.1, 0.15) is 17.3 Å². The maximum atomic E-state index is 12.2. The lowest BCUT2D eigenvalue weighted by Gasteiger charge is -2.19. The third-order valence-electron chi connectivity index (χ3n) is 3.99. The zero-order chi connectivity index (χ0) is 18.4. The quantitative estimate of drug-likeness (QED) is 0.365. The number of carbonyl (C=O) groups is 1. The number of nitrogens with one attached hydrogen (secondary N) is 2. The van der Waals surface area contributed by atoms with E-state index in [1.54, 1.807) is 13.8 Å². The van der Waals surface area contributed by atoms with Gasteiger partial charge in [-0.25, -0.2) is 4.98 Å². The molecule has 0 radical (unpaired) electrons. The standard InChI is InChI=1S/C14H19N5O5S/c1-6(2)11(21)17-13-16-10-9(12(22)18-13)15-5-19(10)8-3-14(23,25)7(4-20)24-8/h5-8,20,23,25H,3-4H2,1-2H3,(H2,16,17,18,21,22)/t7-,8-,14-/m1/s1. The van der Waals surface area contributed by atoms with Crippen LogP contribution in [-0.2, 0) is 9.53 Å². The number of imidazole rings is 1. The third kappa shape index (κ3) is 3.27. The van der Waals surface area contributed by atoms with Crippen molar-refractivity contribution in [2.24, 2.45) is 5.92 Å².